The third kappa shape index (κ3) is 3.02. The van der Waals surface area contributed by atoms with Crippen LogP contribution >= 0.6 is 0 Å². The van der Waals surface area contributed by atoms with E-state index in [1.165, 1.54) is 0 Å². The lowest BCUT2D eigenvalue weighted by atomic mass is 9.77. The smallest absolute Gasteiger partial charge is 0.393 e. The number of hydrogen-bond donors (Lipinski definition) is 1. The van der Waals surface area contributed by atoms with Crippen LogP contribution in [0.15, 0.2) is 0 Å². The third-order valence-corrected chi connectivity index (χ3v) is 2.92. The normalized spacial score (nSPS) is 28.5. The van der Waals surface area contributed by atoms with Gasteiger partial charge in [-0.25, -0.2) is 0 Å². The molecule has 0 aromatic rings. The zero-order valence-corrected chi connectivity index (χ0v) is 8.28. The van der Waals surface area contributed by atoms with E-state index in [9.17, 15) is 31.4 Å². The van der Waals surface area contributed by atoms with Gasteiger partial charge in [-0.1, -0.05) is 12.8 Å². The number of halogens is 6. The number of hydrogen-bond acceptors (Lipinski definition) is 1. The molecule has 2 unspecified atom stereocenters. The molecule has 0 amide bonds. The molecule has 1 saturated carbocycles. The molecule has 0 aliphatic heterocycles. The van der Waals surface area contributed by atoms with Crippen LogP contribution in [0.5, 0.6) is 0 Å². The molecule has 0 radical (unpaired) electrons. The monoisotopic (exact) mass is 250 g/mol. The van der Waals surface area contributed by atoms with Gasteiger partial charge in [-0.05, 0) is 12.8 Å². The molecule has 7 heteroatoms. The van der Waals surface area contributed by atoms with Crippen LogP contribution in [0, 0.1) is 11.8 Å². The fraction of sp³-hybridized carbons (Fsp3) is 1.00. The minimum absolute atomic E-state index is 0.00727. The van der Waals surface area contributed by atoms with E-state index in [4.69, 9.17) is 0 Å². The van der Waals surface area contributed by atoms with Crippen LogP contribution in [0.3, 0.4) is 0 Å². The van der Waals surface area contributed by atoms with Gasteiger partial charge in [0.15, 0.2) is 5.92 Å². The van der Waals surface area contributed by atoms with Crippen molar-refractivity contribution < 1.29 is 31.4 Å². The van der Waals surface area contributed by atoms with Crippen LogP contribution < -0.4 is 0 Å². The van der Waals surface area contributed by atoms with Crippen LogP contribution in [0.4, 0.5) is 26.3 Å². The highest BCUT2D eigenvalue weighted by Crippen LogP contribution is 2.48. The number of aliphatic hydroxyl groups is 1. The van der Waals surface area contributed by atoms with E-state index in [1.807, 2.05) is 0 Å². The molecule has 96 valence electrons. The largest absolute Gasteiger partial charge is 0.400 e. The van der Waals surface area contributed by atoms with Crippen molar-refractivity contribution in [3.63, 3.8) is 0 Å². The number of alkyl halides is 6. The summed E-state index contributed by atoms with van der Waals surface area (Å²) in [5.41, 5.74) is 0. The summed E-state index contributed by atoms with van der Waals surface area (Å²) in [6.45, 7) is 0. The topological polar surface area (TPSA) is 20.2 Å². The van der Waals surface area contributed by atoms with Gasteiger partial charge in [0.05, 0.1) is 6.10 Å². The Bertz CT molecular complexity index is 219. The predicted molar refractivity (Wildman–Crippen MR) is 43.6 cm³/mol. The molecule has 1 N–H and O–H groups in total. The molecule has 16 heavy (non-hydrogen) atoms. The van der Waals surface area contributed by atoms with Crippen molar-refractivity contribution in [2.75, 3.05) is 0 Å². The molecule has 0 bridgehead atoms. The van der Waals surface area contributed by atoms with Crippen molar-refractivity contribution in [1.29, 1.82) is 0 Å². The Labute approximate surface area is 88.4 Å². The van der Waals surface area contributed by atoms with E-state index >= 15 is 0 Å². The van der Waals surface area contributed by atoms with Crippen LogP contribution in [-0.2, 0) is 0 Å². The van der Waals surface area contributed by atoms with Crippen molar-refractivity contribution >= 4 is 0 Å². The Hall–Kier alpha value is -0.460. The first-order valence-corrected chi connectivity index (χ1v) is 4.95. The highest BCUT2D eigenvalue weighted by molar-refractivity contribution is 4.88. The molecule has 0 aromatic heterocycles. The molecule has 0 aromatic carbocycles. The summed E-state index contributed by atoms with van der Waals surface area (Å²) in [7, 11) is 0. The Morgan fingerprint density at radius 2 is 1.31 bits per heavy atom. The minimum atomic E-state index is -5.35. The lowest BCUT2D eigenvalue weighted by Crippen LogP contribution is -2.47. The van der Waals surface area contributed by atoms with Crippen molar-refractivity contribution in [3.05, 3.63) is 0 Å². The molecule has 1 aliphatic rings. The van der Waals surface area contributed by atoms with E-state index < -0.39 is 30.3 Å². The van der Waals surface area contributed by atoms with Crippen molar-refractivity contribution in [3.8, 4) is 0 Å². The van der Waals surface area contributed by atoms with Gasteiger partial charge in [-0.2, -0.15) is 26.3 Å². The average molecular weight is 250 g/mol. The number of aliphatic hydroxyl groups excluding tert-OH is 1. The van der Waals surface area contributed by atoms with Crippen LogP contribution in [0.2, 0.25) is 0 Å². The van der Waals surface area contributed by atoms with Crippen molar-refractivity contribution in [2.24, 2.45) is 11.8 Å². The highest BCUT2D eigenvalue weighted by atomic mass is 19.4. The van der Waals surface area contributed by atoms with Crippen molar-refractivity contribution in [1.82, 2.24) is 0 Å². The predicted octanol–water partition coefficient (Wildman–Crippen LogP) is 3.28. The maximum absolute atomic E-state index is 12.3. The van der Waals surface area contributed by atoms with Gasteiger partial charge in [0, 0.05) is 5.92 Å². The maximum atomic E-state index is 12.3. The van der Waals surface area contributed by atoms with E-state index in [2.05, 4.69) is 0 Å². The van der Waals surface area contributed by atoms with Gasteiger partial charge in [0.2, 0.25) is 0 Å². The maximum Gasteiger partial charge on any atom is 0.400 e. The average Bonchev–Trinajstić information content (AvgIpc) is 2.03. The second-order valence-electron chi connectivity index (χ2n) is 4.08. The Morgan fingerprint density at radius 3 is 1.69 bits per heavy atom. The van der Waals surface area contributed by atoms with E-state index in [-0.39, 0.29) is 12.8 Å². The van der Waals surface area contributed by atoms with Crippen molar-refractivity contribution in [2.45, 2.75) is 44.1 Å². The Balaban J connectivity index is 2.92. The standard InChI is InChI=1S/C9H12F6O/c10-8(11,12)7(9(13,14)15)5-3-1-2-4-6(5)16/h5-7,16H,1-4H2. The second-order valence-corrected chi connectivity index (χ2v) is 4.08. The molecular weight excluding hydrogens is 238 g/mol. The van der Waals surface area contributed by atoms with Crippen LogP contribution in [0.1, 0.15) is 25.7 Å². The first kappa shape index (κ1) is 13.6. The summed E-state index contributed by atoms with van der Waals surface area (Å²) in [6.07, 6.45) is -11.7. The van der Waals surface area contributed by atoms with Gasteiger partial charge in [-0.15, -0.1) is 0 Å². The molecule has 0 heterocycles. The lowest BCUT2D eigenvalue weighted by molar-refractivity contribution is -0.307. The zero-order valence-electron chi connectivity index (χ0n) is 8.28. The Kier molecular flexibility index (Phi) is 3.76. The first-order chi connectivity index (χ1) is 7.14. The molecule has 0 spiro atoms. The van der Waals surface area contributed by atoms with E-state index in [1.54, 1.807) is 0 Å². The fourth-order valence-electron chi connectivity index (χ4n) is 2.20. The van der Waals surface area contributed by atoms with Gasteiger partial charge in [-0.3, -0.25) is 0 Å². The highest BCUT2D eigenvalue weighted by Gasteiger charge is 2.61. The Morgan fingerprint density at radius 1 is 0.875 bits per heavy atom. The van der Waals surface area contributed by atoms with Gasteiger partial charge in [0.25, 0.3) is 0 Å². The molecule has 1 rings (SSSR count). The minimum Gasteiger partial charge on any atom is -0.393 e. The van der Waals surface area contributed by atoms with Crippen LogP contribution in [-0.4, -0.2) is 23.6 Å². The third-order valence-electron chi connectivity index (χ3n) is 2.92. The number of rotatable bonds is 1. The van der Waals surface area contributed by atoms with Gasteiger partial charge in [0.1, 0.15) is 0 Å². The molecule has 1 fully saturated rings. The fourth-order valence-corrected chi connectivity index (χ4v) is 2.20. The van der Waals surface area contributed by atoms with E-state index in [0.29, 0.717) is 12.8 Å². The molecule has 0 saturated heterocycles. The molecule has 1 aliphatic carbocycles. The summed E-state index contributed by atoms with van der Waals surface area (Å²) < 4.78 is 74.1. The summed E-state index contributed by atoms with van der Waals surface area (Å²) in [5, 5.41) is 9.27. The molecule has 2 atom stereocenters. The van der Waals surface area contributed by atoms with E-state index in [0.717, 1.165) is 0 Å². The first-order valence-electron chi connectivity index (χ1n) is 4.95. The van der Waals surface area contributed by atoms with Crippen LogP contribution in [0.25, 0.3) is 0 Å². The SMILES string of the molecule is OC1CCCCC1C(C(F)(F)F)C(F)(F)F. The summed E-state index contributed by atoms with van der Waals surface area (Å²) >= 11 is 0. The van der Waals surface area contributed by atoms with Gasteiger partial charge >= 0.3 is 12.4 Å². The second kappa shape index (κ2) is 4.43. The van der Waals surface area contributed by atoms with Gasteiger partial charge < -0.3 is 5.11 Å². The quantitative estimate of drug-likeness (QED) is 0.708. The summed E-state index contributed by atoms with van der Waals surface area (Å²) in [6, 6.07) is 0. The summed E-state index contributed by atoms with van der Waals surface area (Å²) in [4.78, 5) is 0. The molecular formula is C9H12F6O. The zero-order chi connectivity index (χ0) is 12.6. The lowest BCUT2D eigenvalue weighted by Gasteiger charge is -2.36. The summed E-state index contributed by atoms with van der Waals surface area (Å²) in [5.74, 6) is -5.16. The molecule has 1 nitrogen and oxygen atoms in total.